The van der Waals surface area contributed by atoms with Gasteiger partial charge in [0.05, 0.1) is 22.4 Å². The number of carbonyl (C=O) groups excluding carboxylic acids is 1. The molecule has 2 aromatic carbocycles. The maximum absolute atomic E-state index is 12.9. The minimum Gasteiger partial charge on any atom is -0.342 e. The summed E-state index contributed by atoms with van der Waals surface area (Å²) in [5.41, 5.74) is 4.28. The fourth-order valence-corrected chi connectivity index (χ4v) is 4.03. The number of aromatic nitrogens is 4. The zero-order chi connectivity index (χ0) is 20.0. The highest BCUT2D eigenvalue weighted by Gasteiger charge is 2.23. The number of amides is 1. The number of nitrogens with one attached hydrogen (secondary N) is 2. The Morgan fingerprint density at radius 2 is 2.00 bits per heavy atom. The first kappa shape index (κ1) is 17.9. The number of carbonyl (C=O) groups is 1. The molecule has 7 heteroatoms. The number of nitrogens with zero attached hydrogens (tertiary/aromatic N) is 3. The minimum atomic E-state index is -0.284. The Kier molecular flexibility index (Phi) is 4.36. The highest BCUT2D eigenvalue weighted by atomic mass is 35.5. The van der Waals surface area contributed by atoms with Crippen molar-refractivity contribution < 1.29 is 4.79 Å². The average Bonchev–Trinajstić information content (AvgIpc) is 3.20. The van der Waals surface area contributed by atoms with Crippen molar-refractivity contribution in [1.82, 2.24) is 19.7 Å². The Morgan fingerprint density at radius 1 is 1.21 bits per heavy atom. The van der Waals surface area contributed by atoms with Crippen LogP contribution in [0.2, 0.25) is 5.15 Å². The van der Waals surface area contributed by atoms with Crippen molar-refractivity contribution in [2.24, 2.45) is 0 Å². The van der Waals surface area contributed by atoms with E-state index in [0.29, 0.717) is 28.0 Å². The van der Waals surface area contributed by atoms with Crippen LogP contribution in [0, 0.1) is 6.92 Å². The number of H-pyrrole nitrogens is 1. The lowest BCUT2D eigenvalue weighted by Crippen LogP contribution is -2.13. The van der Waals surface area contributed by atoms with Crippen LogP contribution in [-0.2, 0) is 0 Å². The highest BCUT2D eigenvalue weighted by Crippen LogP contribution is 2.35. The van der Waals surface area contributed by atoms with E-state index in [4.69, 9.17) is 11.6 Å². The van der Waals surface area contributed by atoms with E-state index >= 15 is 0 Å². The van der Waals surface area contributed by atoms with Crippen molar-refractivity contribution in [1.29, 1.82) is 0 Å². The lowest BCUT2D eigenvalue weighted by Gasteiger charge is -2.22. The predicted molar refractivity (Wildman–Crippen MR) is 114 cm³/mol. The molecule has 2 heterocycles. The zero-order valence-corrected chi connectivity index (χ0v) is 16.7. The Balaban J connectivity index is 1.42. The van der Waals surface area contributed by atoms with Gasteiger partial charge in [0.1, 0.15) is 16.5 Å². The number of aryl methyl sites for hydroxylation is 1. The molecule has 2 N–H and O–H groups in total. The van der Waals surface area contributed by atoms with Crippen LogP contribution in [-0.4, -0.2) is 25.7 Å². The van der Waals surface area contributed by atoms with Crippen molar-refractivity contribution in [3.8, 4) is 5.69 Å². The van der Waals surface area contributed by atoms with Gasteiger partial charge in [-0.1, -0.05) is 36.2 Å². The Labute approximate surface area is 172 Å². The molecular formula is C22H20ClN5O. The van der Waals surface area contributed by atoms with E-state index in [1.807, 2.05) is 48.5 Å². The first-order valence-electron chi connectivity index (χ1n) is 9.72. The van der Waals surface area contributed by atoms with E-state index in [-0.39, 0.29) is 5.91 Å². The topological polar surface area (TPSA) is 75.6 Å². The smallest absolute Gasteiger partial charge is 0.260 e. The van der Waals surface area contributed by atoms with Gasteiger partial charge in [0, 0.05) is 11.6 Å². The molecular weight excluding hydrogens is 386 g/mol. The highest BCUT2D eigenvalue weighted by molar-refractivity contribution is 6.34. The van der Waals surface area contributed by atoms with E-state index < -0.39 is 0 Å². The number of rotatable bonds is 4. The maximum Gasteiger partial charge on any atom is 0.260 e. The molecule has 2 aromatic heterocycles. The Hall–Kier alpha value is -3.12. The molecule has 0 unspecified atom stereocenters. The molecule has 5 rings (SSSR count). The van der Waals surface area contributed by atoms with Gasteiger partial charge < -0.3 is 10.3 Å². The lowest BCUT2D eigenvalue weighted by molar-refractivity contribution is 0.102. The minimum absolute atomic E-state index is 0.284. The lowest BCUT2D eigenvalue weighted by atomic mass is 9.85. The summed E-state index contributed by atoms with van der Waals surface area (Å²) in [6, 6.07) is 15.2. The SMILES string of the molecule is Cc1nn(-c2ccccc2)c(Cl)c1C(=O)Nc1ccc2nc(C3CCC3)[nH]c2c1. The molecule has 0 aliphatic heterocycles. The third kappa shape index (κ3) is 3.19. The number of aromatic amines is 1. The summed E-state index contributed by atoms with van der Waals surface area (Å²) in [5, 5.41) is 7.67. The van der Waals surface area contributed by atoms with Gasteiger partial charge in [0.2, 0.25) is 0 Å². The van der Waals surface area contributed by atoms with E-state index in [9.17, 15) is 4.79 Å². The molecule has 0 radical (unpaired) electrons. The molecule has 1 saturated carbocycles. The number of halogens is 1. The second kappa shape index (κ2) is 7.04. The first-order chi connectivity index (χ1) is 14.1. The molecule has 1 amide bonds. The summed E-state index contributed by atoms with van der Waals surface area (Å²) in [5.74, 6) is 1.29. The zero-order valence-electron chi connectivity index (χ0n) is 15.9. The number of imidazole rings is 1. The van der Waals surface area contributed by atoms with Crippen molar-refractivity contribution in [2.75, 3.05) is 5.32 Å². The average molecular weight is 406 g/mol. The maximum atomic E-state index is 12.9. The summed E-state index contributed by atoms with van der Waals surface area (Å²) >= 11 is 6.50. The van der Waals surface area contributed by atoms with Gasteiger partial charge in [0.15, 0.2) is 0 Å². The number of benzene rings is 2. The van der Waals surface area contributed by atoms with Crippen LogP contribution in [0.25, 0.3) is 16.7 Å². The number of hydrogen-bond donors (Lipinski definition) is 2. The van der Waals surface area contributed by atoms with Crippen molar-refractivity contribution in [3.05, 3.63) is 70.8 Å². The van der Waals surface area contributed by atoms with E-state index in [1.165, 1.54) is 19.3 Å². The summed E-state index contributed by atoms with van der Waals surface area (Å²) in [4.78, 5) is 21.0. The van der Waals surface area contributed by atoms with Crippen LogP contribution < -0.4 is 5.32 Å². The second-order valence-electron chi connectivity index (χ2n) is 7.43. The largest absolute Gasteiger partial charge is 0.342 e. The van der Waals surface area contributed by atoms with E-state index in [0.717, 1.165) is 22.5 Å². The third-order valence-corrected chi connectivity index (χ3v) is 5.83. The summed E-state index contributed by atoms with van der Waals surface area (Å²) < 4.78 is 1.58. The Bertz CT molecular complexity index is 1210. The summed E-state index contributed by atoms with van der Waals surface area (Å²) in [6.07, 6.45) is 3.64. The first-order valence-corrected chi connectivity index (χ1v) is 10.1. The van der Waals surface area contributed by atoms with Crippen LogP contribution in [0.1, 0.15) is 47.1 Å². The van der Waals surface area contributed by atoms with E-state index in [2.05, 4.69) is 20.4 Å². The van der Waals surface area contributed by atoms with Crippen LogP contribution in [0.5, 0.6) is 0 Å². The van der Waals surface area contributed by atoms with Gasteiger partial charge in [-0.05, 0) is 50.1 Å². The predicted octanol–water partition coefficient (Wildman–Crippen LogP) is 5.23. The van der Waals surface area contributed by atoms with Gasteiger partial charge in [0.25, 0.3) is 5.91 Å². The standard InChI is InChI=1S/C22H20ClN5O/c1-13-19(20(23)28(27-13)16-8-3-2-4-9-16)22(29)24-15-10-11-17-18(12-15)26-21(25-17)14-6-5-7-14/h2-4,8-12,14H,5-7H2,1H3,(H,24,29)(H,25,26). The number of para-hydroxylation sites is 1. The fraction of sp³-hybridized carbons (Fsp3) is 0.227. The molecule has 0 spiro atoms. The number of fused-ring (bicyclic) bond motifs is 1. The molecule has 1 aliphatic rings. The number of anilines is 1. The quantitative estimate of drug-likeness (QED) is 0.488. The van der Waals surface area contributed by atoms with Gasteiger partial charge in [-0.3, -0.25) is 4.79 Å². The molecule has 4 aromatic rings. The molecule has 0 saturated heterocycles. The summed E-state index contributed by atoms with van der Waals surface area (Å²) in [7, 11) is 0. The van der Waals surface area contributed by atoms with E-state index in [1.54, 1.807) is 11.6 Å². The molecule has 6 nitrogen and oxygen atoms in total. The van der Waals surface area contributed by atoms with Crippen molar-refractivity contribution in [2.45, 2.75) is 32.1 Å². The fourth-order valence-electron chi connectivity index (χ4n) is 3.67. The Morgan fingerprint density at radius 3 is 2.72 bits per heavy atom. The van der Waals surface area contributed by atoms with Gasteiger partial charge in [-0.2, -0.15) is 5.10 Å². The molecule has 0 atom stereocenters. The van der Waals surface area contributed by atoms with Crippen LogP contribution in [0.15, 0.2) is 48.5 Å². The molecule has 0 bridgehead atoms. The second-order valence-corrected chi connectivity index (χ2v) is 7.79. The van der Waals surface area contributed by atoms with Crippen LogP contribution in [0.3, 0.4) is 0 Å². The number of hydrogen-bond acceptors (Lipinski definition) is 3. The molecule has 1 fully saturated rings. The monoisotopic (exact) mass is 405 g/mol. The van der Waals surface area contributed by atoms with Crippen LogP contribution >= 0.6 is 11.6 Å². The van der Waals surface area contributed by atoms with Crippen LogP contribution in [0.4, 0.5) is 5.69 Å². The van der Waals surface area contributed by atoms with Gasteiger partial charge in [-0.15, -0.1) is 0 Å². The molecule has 1 aliphatic carbocycles. The van der Waals surface area contributed by atoms with Gasteiger partial charge in [-0.25, -0.2) is 9.67 Å². The normalized spacial score (nSPS) is 14.1. The third-order valence-electron chi connectivity index (χ3n) is 5.48. The molecule has 29 heavy (non-hydrogen) atoms. The molecule has 146 valence electrons. The van der Waals surface area contributed by atoms with Gasteiger partial charge >= 0.3 is 0 Å². The van der Waals surface area contributed by atoms with Crippen molar-refractivity contribution in [3.63, 3.8) is 0 Å². The van der Waals surface area contributed by atoms with Crippen molar-refractivity contribution >= 4 is 34.2 Å². The summed E-state index contributed by atoms with van der Waals surface area (Å²) in [6.45, 7) is 1.78.